The summed E-state index contributed by atoms with van der Waals surface area (Å²) >= 11 is 1.37. The van der Waals surface area contributed by atoms with Crippen LogP contribution in [0.5, 0.6) is 0 Å². The molecule has 0 aliphatic rings. The molecule has 0 amide bonds. The summed E-state index contributed by atoms with van der Waals surface area (Å²) in [6.07, 6.45) is 0. The highest BCUT2D eigenvalue weighted by atomic mass is 32.2. The third-order valence-electron chi connectivity index (χ3n) is 4.29. The van der Waals surface area contributed by atoms with E-state index in [1.807, 2.05) is 43.3 Å². The zero-order valence-corrected chi connectivity index (χ0v) is 16.7. The van der Waals surface area contributed by atoms with Crippen LogP contribution < -0.4 is 0 Å². The third kappa shape index (κ3) is 4.14. The van der Waals surface area contributed by atoms with Gasteiger partial charge in [0.2, 0.25) is 17.6 Å². The summed E-state index contributed by atoms with van der Waals surface area (Å²) in [4.78, 5) is 4.46. The Morgan fingerprint density at radius 3 is 2.57 bits per heavy atom. The van der Waals surface area contributed by atoms with Gasteiger partial charge < -0.3 is 8.94 Å². The quantitative estimate of drug-likeness (QED) is 0.400. The molecule has 0 bridgehead atoms. The molecular weight excluding hydrogens is 372 g/mol. The molecule has 0 unspecified atom stereocenters. The van der Waals surface area contributed by atoms with Gasteiger partial charge in [-0.1, -0.05) is 72.7 Å². The molecule has 0 saturated carbocycles. The van der Waals surface area contributed by atoms with Gasteiger partial charge in [-0.05, 0) is 30.5 Å². The van der Waals surface area contributed by atoms with Gasteiger partial charge in [-0.2, -0.15) is 4.98 Å². The van der Waals surface area contributed by atoms with E-state index < -0.39 is 0 Å². The number of nitrogens with zero attached hydrogens (tertiary/aromatic N) is 4. The fourth-order valence-corrected chi connectivity index (χ4v) is 3.33. The minimum Gasteiger partial charge on any atom is -0.411 e. The lowest BCUT2D eigenvalue weighted by Crippen LogP contribution is -1.88. The molecule has 0 spiro atoms. The molecule has 0 N–H and O–H groups in total. The SMILES string of the molecule is Cc1cccc(-c2nnc(SCc3nc(-c4ccc(C(C)C)cc4)no3)o2)c1. The third-order valence-corrected chi connectivity index (χ3v) is 5.10. The van der Waals surface area contributed by atoms with E-state index in [1.54, 1.807) is 0 Å². The summed E-state index contributed by atoms with van der Waals surface area (Å²) < 4.78 is 11.1. The Hall–Kier alpha value is -2.93. The van der Waals surface area contributed by atoms with Gasteiger partial charge in [0.15, 0.2) is 0 Å². The predicted octanol–water partition coefficient (Wildman–Crippen LogP) is 5.51. The van der Waals surface area contributed by atoms with Gasteiger partial charge >= 0.3 is 0 Å². The van der Waals surface area contributed by atoms with Crippen LogP contribution >= 0.6 is 11.8 Å². The standard InChI is InChI=1S/C21H20N4O2S/c1-13(2)15-7-9-16(10-8-15)19-22-18(27-25-19)12-28-21-24-23-20(26-21)17-6-4-5-14(3)11-17/h4-11,13H,12H2,1-3H3. The molecule has 28 heavy (non-hydrogen) atoms. The second kappa shape index (κ2) is 7.98. The summed E-state index contributed by atoms with van der Waals surface area (Å²) in [6.45, 7) is 6.36. The van der Waals surface area contributed by atoms with Crippen molar-refractivity contribution in [2.75, 3.05) is 0 Å². The summed E-state index contributed by atoms with van der Waals surface area (Å²) in [5, 5.41) is 12.7. The molecule has 2 aromatic heterocycles. The summed E-state index contributed by atoms with van der Waals surface area (Å²) in [6, 6.07) is 16.2. The molecule has 4 rings (SSSR count). The Morgan fingerprint density at radius 1 is 1.00 bits per heavy atom. The first-order valence-corrected chi connectivity index (χ1v) is 10.0. The second-order valence-electron chi connectivity index (χ2n) is 6.82. The molecule has 0 atom stereocenters. The largest absolute Gasteiger partial charge is 0.411 e. The molecule has 0 aliphatic carbocycles. The van der Waals surface area contributed by atoms with E-state index in [1.165, 1.54) is 17.3 Å². The highest BCUT2D eigenvalue weighted by molar-refractivity contribution is 7.98. The summed E-state index contributed by atoms with van der Waals surface area (Å²) in [5.41, 5.74) is 4.27. The topological polar surface area (TPSA) is 77.8 Å². The molecule has 2 heterocycles. The molecule has 7 heteroatoms. The maximum Gasteiger partial charge on any atom is 0.277 e. The van der Waals surface area contributed by atoms with Gasteiger partial charge in [-0.25, -0.2) is 0 Å². The Bertz CT molecular complexity index is 1070. The van der Waals surface area contributed by atoms with Gasteiger partial charge in [-0.3, -0.25) is 0 Å². The van der Waals surface area contributed by atoms with Crippen molar-refractivity contribution in [3.63, 3.8) is 0 Å². The Morgan fingerprint density at radius 2 is 1.82 bits per heavy atom. The molecule has 142 valence electrons. The van der Waals surface area contributed by atoms with Crippen molar-refractivity contribution in [1.82, 2.24) is 20.3 Å². The van der Waals surface area contributed by atoms with Gasteiger partial charge in [0.05, 0.1) is 5.75 Å². The molecule has 0 fully saturated rings. The lowest BCUT2D eigenvalue weighted by atomic mass is 10.0. The highest BCUT2D eigenvalue weighted by Gasteiger charge is 2.13. The van der Waals surface area contributed by atoms with Crippen LogP contribution in [0.15, 0.2) is 62.7 Å². The number of benzene rings is 2. The number of aryl methyl sites for hydroxylation is 1. The average Bonchev–Trinajstić information content (AvgIpc) is 3.36. The monoisotopic (exact) mass is 392 g/mol. The normalized spacial score (nSPS) is 11.3. The van der Waals surface area contributed by atoms with Crippen molar-refractivity contribution < 1.29 is 8.94 Å². The van der Waals surface area contributed by atoms with Crippen LogP contribution in [0.3, 0.4) is 0 Å². The van der Waals surface area contributed by atoms with Crippen molar-refractivity contribution in [2.24, 2.45) is 0 Å². The fourth-order valence-electron chi connectivity index (χ4n) is 2.73. The van der Waals surface area contributed by atoms with Crippen LogP contribution in [0.1, 0.15) is 36.8 Å². The number of rotatable bonds is 6. The lowest BCUT2D eigenvalue weighted by Gasteiger charge is -2.04. The number of hydrogen-bond acceptors (Lipinski definition) is 7. The highest BCUT2D eigenvalue weighted by Crippen LogP contribution is 2.27. The van der Waals surface area contributed by atoms with Gasteiger partial charge in [0, 0.05) is 11.1 Å². The van der Waals surface area contributed by atoms with Crippen molar-refractivity contribution in [3.05, 3.63) is 65.5 Å². The van der Waals surface area contributed by atoms with Crippen molar-refractivity contribution in [3.8, 4) is 22.8 Å². The maximum atomic E-state index is 5.72. The zero-order valence-electron chi connectivity index (χ0n) is 15.9. The lowest BCUT2D eigenvalue weighted by molar-refractivity contribution is 0.391. The minimum atomic E-state index is 0.465. The van der Waals surface area contributed by atoms with E-state index >= 15 is 0 Å². The minimum absolute atomic E-state index is 0.465. The van der Waals surface area contributed by atoms with Crippen LogP contribution in [0.4, 0.5) is 0 Å². The van der Waals surface area contributed by atoms with Crippen LogP contribution in [0, 0.1) is 6.92 Å². The molecule has 2 aromatic carbocycles. The second-order valence-corrected chi connectivity index (χ2v) is 7.75. The molecule has 4 aromatic rings. The van der Waals surface area contributed by atoms with E-state index in [0.29, 0.717) is 34.5 Å². The molecule has 0 saturated heterocycles. The van der Waals surface area contributed by atoms with Gasteiger partial charge in [0.1, 0.15) is 0 Å². The molecular formula is C21H20N4O2S. The first-order chi connectivity index (χ1) is 13.6. The zero-order chi connectivity index (χ0) is 19.5. The first-order valence-electron chi connectivity index (χ1n) is 9.05. The summed E-state index contributed by atoms with van der Waals surface area (Å²) in [5.74, 6) is 2.56. The Kier molecular flexibility index (Phi) is 5.25. The number of hydrogen-bond donors (Lipinski definition) is 0. The predicted molar refractivity (Wildman–Crippen MR) is 108 cm³/mol. The smallest absolute Gasteiger partial charge is 0.277 e. The first kappa shape index (κ1) is 18.4. The van der Waals surface area contributed by atoms with Crippen LogP contribution in [-0.2, 0) is 5.75 Å². The molecule has 0 radical (unpaired) electrons. The van der Waals surface area contributed by atoms with Crippen LogP contribution in [0.2, 0.25) is 0 Å². The molecule has 6 nitrogen and oxygen atoms in total. The number of aromatic nitrogens is 4. The Labute approximate surface area is 167 Å². The van der Waals surface area contributed by atoms with Gasteiger partial charge in [-0.15, -0.1) is 10.2 Å². The van der Waals surface area contributed by atoms with E-state index in [-0.39, 0.29) is 0 Å². The Balaban J connectivity index is 1.41. The van der Waals surface area contributed by atoms with E-state index in [9.17, 15) is 0 Å². The average molecular weight is 392 g/mol. The summed E-state index contributed by atoms with van der Waals surface area (Å²) in [7, 11) is 0. The maximum absolute atomic E-state index is 5.72. The van der Waals surface area contributed by atoms with Crippen molar-refractivity contribution >= 4 is 11.8 Å². The van der Waals surface area contributed by atoms with Gasteiger partial charge in [0.25, 0.3) is 5.22 Å². The van der Waals surface area contributed by atoms with Crippen LogP contribution in [-0.4, -0.2) is 20.3 Å². The van der Waals surface area contributed by atoms with E-state index in [0.717, 1.165) is 16.7 Å². The van der Waals surface area contributed by atoms with Crippen molar-refractivity contribution in [1.29, 1.82) is 0 Å². The fraction of sp³-hybridized carbons (Fsp3) is 0.238. The van der Waals surface area contributed by atoms with E-state index in [2.05, 4.69) is 46.3 Å². The van der Waals surface area contributed by atoms with Crippen molar-refractivity contribution in [2.45, 2.75) is 37.7 Å². The molecule has 0 aliphatic heterocycles. The van der Waals surface area contributed by atoms with Crippen LogP contribution in [0.25, 0.3) is 22.8 Å². The number of thioether (sulfide) groups is 1. The van der Waals surface area contributed by atoms with E-state index in [4.69, 9.17) is 8.94 Å².